The van der Waals surface area contributed by atoms with Gasteiger partial charge in [0.25, 0.3) is 0 Å². The van der Waals surface area contributed by atoms with Gasteiger partial charge in [-0.05, 0) is 18.3 Å². The van der Waals surface area contributed by atoms with Crippen LogP contribution in [0.25, 0.3) is 0 Å². The molecule has 0 aromatic carbocycles. The standard InChI is InChI=1S/C12H18O2/c1-4-5-10-11(13)6-9(8(2)3)7-12(10)14/h4,8-9,13H,1,5-7H2,2-3H3. The Morgan fingerprint density at radius 1 is 1.57 bits per heavy atom. The lowest BCUT2D eigenvalue weighted by atomic mass is 9.80. The molecular formula is C12H18O2. The largest absolute Gasteiger partial charge is 0.512 e. The van der Waals surface area contributed by atoms with E-state index in [-0.39, 0.29) is 11.5 Å². The molecule has 0 spiro atoms. The highest BCUT2D eigenvalue weighted by Crippen LogP contribution is 2.31. The van der Waals surface area contributed by atoms with Crippen molar-refractivity contribution < 1.29 is 9.90 Å². The normalized spacial score (nSPS) is 23.1. The number of allylic oxidation sites excluding steroid dienone is 3. The van der Waals surface area contributed by atoms with Crippen molar-refractivity contribution in [2.24, 2.45) is 11.8 Å². The van der Waals surface area contributed by atoms with Gasteiger partial charge >= 0.3 is 0 Å². The Morgan fingerprint density at radius 2 is 2.21 bits per heavy atom. The number of hydrogen-bond donors (Lipinski definition) is 1. The molecule has 0 fully saturated rings. The SMILES string of the molecule is C=CCC1=C(O)CC(C(C)C)CC1=O. The van der Waals surface area contributed by atoms with Gasteiger partial charge in [0.15, 0.2) is 5.78 Å². The molecule has 78 valence electrons. The zero-order valence-corrected chi connectivity index (χ0v) is 8.92. The fraction of sp³-hybridized carbons (Fsp3) is 0.583. The summed E-state index contributed by atoms with van der Waals surface area (Å²) in [6.45, 7) is 7.75. The highest BCUT2D eigenvalue weighted by Gasteiger charge is 2.28. The maximum absolute atomic E-state index is 11.6. The van der Waals surface area contributed by atoms with Gasteiger partial charge in [-0.3, -0.25) is 4.79 Å². The van der Waals surface area contributed by atoms with Crippen LogP contribution in [0.2, 0.25) is 0 Å². The smallest absolute Gasteiger partial charge is 0.162 e. The van der Waals surface area contributed by atoms with Gasteiger partial charge in [-0.25, -0.2) is 0 Å². The van der Waals surface area contributed by atoms with E-state index in [0.29, 0.717) is 36.7 Å². The quantitative estimate of drug-likeness (QED) is 0.701. The Labute approximate surface area is 85.3 Å². The van der Waals surface area contributed by atoms with Crippen LogP contribution in [0, 0.1) is 11.8 Å². The molecule has 0 heterocycles. The predicted octanol–water partition coefficient (Wildman–Crippen LogP) is 3.01. The van der Waals surface area contributed by atoms with Crippen LogP contribution >= 0.6 is 0 Å². The van der Waals surface area contributed by atoms with Crippen molar-refractivity contribution in [3.63, 3.8) is 0 Å². The molecule has 0 aromatic heterocycles. The van der Waals surface area contributed by atoms with Crippen molar-refractivity contribution >= 4 is 5.78 Å². The molecule has 2 nitrogen and oxygen atoms in total. The van der Waals surface area contributed by atoms with Crippen LogP contribution in [0.15, 0.2) is 24.0 Å². The third-order valence-corrected chi connectivity index (χ3v) is 2.88. The van der Waals surface area contributed by atoms with Gasteiger partial charge in [0, 0.05) is 18.4 Å². The second-order valence-electron chi connectivity index (χ2n) is 4.25. The summed E-state index contributed by atoms with van der Waals surface area (Å²) < 4.78 is 0. The van der Waals surface area contributed by atoms with E-state index in [1.54, 1.807) is 6.08 Å². The summed E-state index contributed by atoms with van der Waals surface area (Å²) in [5.74, 6) is 1.12. The number of aliphatic hydroxyl groups excluding tert-OH is 1. The third kappa shape index (κ3) is 2.25. The van der Waals surface area contributed by atoms with Gasteiger partial charge in [0.05, 0.1) is 5.76 Å². The topological polar surface area (TPSA) is 37.3 Å². The lowest BCUT2D eigenvalue weighted by Crippen LogP contribution is -2.22. The maximum Gasteiger partial charge on any atom is 0.162 e. The van der Waals surface area contributed by atoms with Crippen molar-refractivity contribution in [3.05, 3.63) is 24.0 Å². The van der Waals surface area contributed by atoms with Crippen LogP contribution in [-0.2, 0) is 4.79 Å². The minimum absolute atomic E-state index is 0.0901. The first-order chi connectivity index (χ1) is 6.56. The van der Waals surface area contributed by atoms with Gasteiger partial charge in [-0.1, -0.05) is 19.9 Å². The number of Topliss-reactive ketones (excluding diaryl/α,β-unsaturated/α-hetero) is 1. The summed E-state index contributed by atoms with van der Waals surface area (Å²) in [5, 5.41) is 9.70. The van der Waals surface area contributed by atoms with Crippen LogP contribution < -0.4 is 0 Å². The molecule has 1 N–H and O–H groups in total. The van der Waals surface area contributed by atoms with E-state index in [2.05, 4.69) is 20.4 Å². The molecule has 1 atom stereocenters. The number of aliphatic hydroxyl groups is 1. The van der Waals surface area contributed by atoms with Gasteiger partial charge in [-0.15, -0.1) is 6.58 Å². The first kappa shape index (κ1) is 11.0. The van der Waals surface area contributed by atoms with Gasteiger partial charge in [-0.2, -0.15) is 0 Å². The second-order valence-corrected chi connectivity index (χ2v) is 4.25. The zero-order chi connectivity index (χ0) is 10.7. The van der Waals surface area contributed by atoms with E-state index in [4.69, 9.17) is 0 Å². The minimum atomic E-state index is 0.0901. The number of carbonyl (C=O) groups is 1. The number of rotatable bonds is 3. The van der Waals surface area contributed by atoms with E-state index < -0.39 is 0 Å². The molecule has 1 rings (SSSR count). The highest BCUT2D eigenvalue weighted by molar-refractivity contribution is 5.97. The first-order valence-electron chi connectivity index (χ1n) is 5.11. The summed E-state index contributed by atoms with van der Waals surface area (Å²) in [7, 11) is 0. The van der Waals surface area contributed by atoms with Crippen LogP contribution in [-0.4, -0.2) is 10.9 Å². The predicted molar refractivity (Wildman–Crippen MR) is 57.0 cm³/mol. The average molecular weight is 194 g/mol. The van der Waals surface area contributed by atoms with E-state index in [9.17, 15) is 9.90 Å². The van der Waals surface area contributed by atoms with Gasteiger partial charge in [0.1, 0.15) is 0 Å². The number of hydrogen-bond acceptors (Lipinski definition) is 2. The molecule has 1 aliphatic rings. The monoisotopic (exact) mass is 194 g/mol. The molecule has 0 saturated carbocycles. The van der Waals surface area contributed by atoms with Crippen molar-refractivity contribution in [2.75, 3.05) is 0 Å². The van der Waals surface area contributed by atoms with Crippen molar-refractivity contribution in [3.8, 4) is 0 Å². The Bertz CT molecular complexity index is 274. The third-order valence-electron chi connectivity index (χ3n) is 2.88. The van der Waals surface area contributed by atoms with Crippen molar-refractivity contribution in [1.29, 1.82) is 0 Å². The Morgan fingerprint density at radius 3 is 2.64 bits per heavy atom. The molecule has 0 saturated heterocycles. The summed E-state index contributed by atoms with van der Waals surface area (Å²) in [4.78, 5) is 11.6. The minimum Gasteiger partial charge on any atom is -0.512 e. The second kappa shape index (κ2) is 4.45. The summed E-state index contributed by atoms with van der Waals surface area (Å²) in [6.07, 6.45) is 3.38. The molecule has 1 unspecified atom stereocenters. The molecule has 0 aliphatic heterocycles. The van der Waals surface area contributed by atoms with E-state index in [1.807, 2.05) is 0 Å². The lowest BCUT2D eigenvalue weighted by molar-refractivity contribution is -0.117. The van der Waals surface area contributed by atoms with E-state index in [1.165, 1.54) is 0 Å². The maximum atomic E-state index is 11.6. The first-order valence-corrected chi connectivity index (χ1v) is 5.11. The summed E-state index contributed by atoms with van der Waals surface area (Å²) >= 11 is 0. The molecule has 2 heteroatoms. The Kier molecular flexibility index (Phi) is 3.50. The Balaban J connectivity index is 2.82. The van der Waals surface area contributed by atoms with E-state index >= 15 is 0 Å². The van der Waals surface area contributed by atoms with Crippen molar-refractivity contribution in [1.82, 2.24) is 0 Å². The van der Waals surface area contributed by atoms with Crippen LogP contribution in [0.1, 0.15) is 33.1 Å². The molecule has 0 amide bonds. The average Bonchev–Trinajstić information content (AvgIpc) is 2.10. The van der Waals surface area contributed by atoms with Gasteiger partial charge in [0.2, 0.25) is 0 Å². The fourth-order valence-electron chi connectivity index (χ4n) is 1.81. The van der Waals surface area contributed by atoms with Crippen LogP contribution in [0.4, 0.5) is 0 Å². The molecular weight excluding hydrogens is 176 g/mol. The fourth-order valence-corrected chi connectivity index (χ4v) is 1.81. The van der Waals surface area contributed by atoms with Crippen LogP contribution in [0.3, 0.4) is 0 Å². The molecule has 0 aromatic rings. The van der Waals surface area contributed by atoms with E-state index in [0.717, 1.165) is 0 Å². The lowest BCUT2D eigenvalue weighted by Gasteiger charge is -2.25. The molecule has 1 aliphatic carbocycles. The summed E-state index contributed by atoms with van der Waals surface area (Å²) in [5.41, 5.74) is 0.567. The summed E-state index contributed by atoms with van der Waals surface area (Å²) in [6, 6.07) is 0. The number of ketones is 1. The Hall–Kier alpha value is -1.05. The molecule has 14 heavy (non-hydrogen) atoms. The molecule has 0 bridgehead atoms. The zero-order valence-electron chi connectivity index (χ0n) is 8.92. The van der Waals surface area contributed by atoms with Gasteiger partial charge < -0.3 is 5.11 Å². The van der Waals surface area contributed by atoms with Crippen LogP contribution in [0.5, 0.6) is 0 Å². The molecule has 0 radical (unpaired) electrons. The van der Waals surface area contributed by atoms with Crippen molar-refractivity contribution in [2.45, 2.75) is 33.1 Å². The highest BCUT2D eigenvalue weighted by atomic mass is 16.3. The number of carbonyl (C=O) groups excluding carboxylic acids is 1.